The zero-order chi connectivity index (χ0) is 15.5. The highest BCUT2D eigenvalue weighted by Crippen LogP contribution is 1.90. The van der Waals surface area contributed by atoms with Gasteiger partial charge in [-0.3, -0.25) is 4.18 Å². The summed E-state index contributed by atoms with van der Waals surface area (Å²) < 4.78 is 32.0. The standard InChI is InChI=1S/C9H21N2S.C2H6O4S/c1-6-7-8-12-9(10(2)3)11(4)5;1-2-6-7(3,4)5/h6-8H2,1-5H3;2H2,1H3,(H,3,4,5)/q+1;/p-1. The number of hydrogen-bond donors (Lipinski definition) is 0. The van der Waals surface area contributed by atoms with Gasteiger partial charge in [0.15, 0.2) is 5.75 Å². The van der Waals surface area contributed by atoms with E-state index in [0.717, 1.165) is 0 Å². The Bertz CT molecular complexity index is 331. The van der Waals surface area contributed by atoms with Crippen LogP contribution < -0.4 is 0 Å². The molecule has 8 heteroatoms. The fraction of sp³-hybridized carbons (Fsp3) is 0.909. The Hall–Kier alpha value is -0.120. The van der Waals surface area contributed by atoms with E-state index in [1.165, 1.54) is 30.6 Å². The molecule has 0 unspecified atom stereocenters. The summed E-state index contributed by atoms with van der Waals surface area (Å²) >= 11 is 1.93. The Morgan fingerprint density at radius 3 is 1.84 bits per heavy atom. The molecule has 0 spiro atoms. The van der Waals surface area contributed by atoms with Crippen LogP contribution in [0.3, 0.4) is 0 Å². The van der Waals surface area contributed by atoms with Gasteiger partial charge in [0.1, 0.15) is 0 Å². The highest BCUT2D eigenvalue weighted by molar-refractivity contribution is 7.80. The van der Waals surface area contributed by atoms with E-state index < -0.39 is 10.4 Å². The van der Waals surface area contributed by atoms with Crippen LogP contribution in [-0.4, -0.2) is 68.4 Å². The Kier molecular flexibility index (Phi) is 13.0. The van der Waals surface area contributed by atoms with Gasteiger partial charge in [0.25, 0.3) is 0 Å². The summed E-state index contributed by atoms with van der Waals surface area (Å²) in [4.78, 5) is 4.33. The minimum absolute atomic E-state index is 0.0914. The SMILES string of the molecule is CCCC[S+]=C(N(C)C)N(C)C.CCOS(=O)(=O)[O-]. The summed E-state index contributed by atoms with van der Waals surface area (Å²) in [5.41, 5.74) is 0. The molecule has 0 bridgehead atoms. The van der Waals surface area contributed by atoms with Crippen molar-refractivity contribution in [3.05, 3.63) is 0 Å². The van der Waals surface area contributed by atoms with Gasteiger partial charge < -0.3 is 4.55 Å². The summed E-state index contributed by atoms with van der Waals surface area (Å²) in [6.07, 6.45) is 2.58. The summed E-state index contributed by atoms with van der Waals surface area (Å²) in [7, 11) is 3.94. The van der Waals surface area contributed by atoms with Crippen molar-refractivity contribution in [3.63, 3.8) is 0 Å². The van der Waals surface area contributed by atoms with E-state index in [1.54, 1.807) is 0 Å². The molecule has 0 rings (SSSR count). The molecule has 0 fully saturated rings. The van der Waals surface area contributed by atoms with Crippen LogP contribution in [0.5, 0.6) is 0 Å². The van der Waals surface area contributed by atoms with Gasteiger partial charge in [0.05, 0.1) is 6.61 Å². The first-order valence-corrected chi connectivity index (χ1v) is 8.42. The molecule has 0 aromatic heterocycles. The van der Waals surface area contributed by atoms with Crippen LogP contribution in [0, 0.1) is 0 Å². The van der Waals surface area contributed by atoms with E-state index in [-0.39, 0.29) is 6.61 Å². The van der Waals surface area contributed by atoms with Crippen molar-refractivity contribution < 1.29 is 17.2 Å². The van der Waals surface area contributed by atoms with Crippen molar-refractivity contribution >= 4 is 26.9 Å². The maximum absolute atomic E-state index is 9.45. The second-order valence-electron chi connectivity index (χ2n) is 4.09. The minimum atomic E-state index is -4.42. The van der Waals surface area contributed by atoms with Crippen LogP contribution >= 0.6 is 0 Å². The lowest BCUT2D eigenvalue weighted by atomic mass is 10.4. The molecule has 0 heterocycles. The fourth-order valence-corrected chi connectivity index (χ4v) is 2.53. The smallest absolute Gasteiger partial charge is 0.324 e. The quantitative estimate of drug-likeness (QED) is 0.243. The monoisotopic (exact) mass is 314 g/mol. The Labute approximate surface area is 121 Å². The molecule has 6 nitrogen and oxygen atoms in total. The van der Waals surface area contributed by atoms with Crippen molar-refractivity contribution in [1.29, 1.82) is 0 Å². The van der Waals surface area contributed by atoms with E-state index in [4.69, 9.17) is 0 Å². The topological polar surface area (TPSA) is 72.9 Å². The zero-order valence-corrected chi connectivity index (χ0v) is 14.3. The van der Waals surface area contributed by atoms with Crippen molar-refractivity contribution in [3.8, 4) is 0 Å². The number of rotatable bonds is 5. The van der Waals surface area contributed by atoms with Crippen LogP contribution in [0.1, 0.15) is 26.7 Å². The van der Waals surface area contributed by atoms with Gasteiger partial charge in [-0.1, -0.05) is 13.3 Å². The summed E-state index contributed by atoms with van der Waals surface area (Å²) in [5, 5.41) is 1.34. The summed E-state index contributed by atoms with van der Waals surface area (Å²) in [5.74, 6) is 1.22. The van der Waals surface area contributed by atoms with E-state index in [0.29, 0.717) is 0 Å². The van der Waals surface area contributed by atoms with E-state index in [2.05, 4.69) is 49.1 Å². The first-order valence-electron chi connectivity index (χ1n) is 6.10. The van der Waals surface area contributed by atoms with Gasteiger partial charge in [0.2, 0.25) is 21.7 Å². The molecular weight excluding hydrogens is 288 g/mol. The Morgan fingerprint density at radius 1 is 1.16 bits per heavy atom. The number of nitrogens with zero attached hydrogens (tertiary/aromatic N) is 2. The van der Waals surface area contributed by atoms with Gasteiger partial charge >= 0.3 is 5.11 Å². The van der Waals surface area contributed by atoms with E-state index in [9.17, 15) is 13.0 Å². The molecule has 0 saturated heterocycles. The molecule has 19 heavy (non-hydrogen) atoms. The summed E-state index contributed by atoms with van der Waals surface area (Å²) in [6.45, 7) is 3.56. The maximum Gasteiger partial charge on any atom is 0.324 e. The Balaban J connectivity index is 0. The maximum atomic E-state index is 9.45. The number of hydrogen-bond acceptors (Lipinski definition) is 4. The second kappa shape index (κ2) is 11.7. The predicted molar refractivity (Wildman–Crippen MR) is 80.8 cm³/mol. The predicted octanol–water partition coefficient (Wildman–Crippen LogP) is 0.563. The van der Waals surface area contributed by atoms with Crippen molar-refractivity contribution in [2.24, 2.45) is 0 Å². The molecule has 0 aromatic rings. The van der Waals surface area contributed by atoms with E-state index >= 15 is 0 Å². The molecular formula is C11H26N2O4S2. The molecule has 0 aliphatic carbocycles. The minimum Gasteiger partial charge on any atom is -0.726 e. The fourth-order valence-electron chi connectivity index (χ4n) is 1.11. The molecule has 0 amide bonds. The lowest BCUT2D eigenvalue weighted by Gasteiger charge is -2.11. The molecule has 0 aliphatic rings. The van der Waals surface area contributed by atoms with E-state index in [1.807, 2.05) is 11.4 Å². The first kappa shape index (κ1) is 21.2. The van der Waals surface area contributed by atoms with Crippen molar-refractivity contribution in [2.75, 3.05) is 40.6 Å². The normalized spacial score (nSPS) is 11.2. The van der Waals surface area contributed by atoms with Gasteiger partial charge in [-0.2, -0.15) is 0 Å². The second-order valence-corrected chi connectivity index (χ2v) is 6.20. The Morgan fingerprint density at radius 2 is 1.63 bits per heavy atom. The van der Waals surface area contributed by atoms with Gasteiger partial charge in [-0.05, 0) is 35.1 Å². The largest absolute Gasteiger partial charge is 0.726 e. The molecule has 0 saturated carbocycles. The molecule has 116 valence electrons. The zero-order valence-electron chi connectivity index (χ0n) is 12.7. The van der Waals surface area contributed by atoms with Crippen LogP contribution in [-0.2, 0) is 25.9 Å². The van der Waals surface area contributed by atoms with Gasteiger partial charge in [-0.15, -0.1) is 0 Å². The average molecular weight is 314 g/mol. The third kappa shape index (κ3) is 15.8. The average Bonchev–Trinajstić information content (AvgIpc) is 2.22. The lowest BCUT2D eigenvalue weighted by molar-refractivity contribution is 0.275. The third-order valence-electron chi connectivity index (χ3n) is 1.76. The van der Waals surface area contributed by atoms with Gasteiger partial charge in [-0.25, -0.2) is 18.2 Å². The molecule has 0 aliphatic heterocycles. The van der Waals surface area contributed by atoms with Crippen LogP contribution in [0.4, 0.5) is 0 Å². The van der Waals surface area contributed by atoms with Crippen molar-refractivity contribution in [2.45, 2.75) is 26.7 Å². The van der Waals surface area contributed by atoms with Crippen LogP contribution in [0.2, 0.25) is 0 Å². The lowest BCUT2D eigenvalue weighted by Crippen LogP contribution is -2.36. The van der Waals surface area contributed by atoms with Gasteiger partial charge in [0, 0.05) is 6.42 Å². The van der Waals surface area contributed by atoms with Crippen molar-refractivity contribution in [1.82, 2.24) is 9.80 Å². The van der Waals surface area contributed by atoms with Crippen LogP contribution in [0.25, 0.3) is 0 Å². The summed E-state index contributed by atoms with van der Waals surface area (Å²) in [6, 6.07) is 0. The molecule has 0 atom stereocenters. The highest BCUT2D eigenvalue weighted by Gasteiger charge is 2.15. The first-order chi connectivity index (χ1) is 8.65. The molecule has 0 N–H and O–H groups in total. The molecule has 0 aromatic carbocycles. The van der Waals surface area contributed by atoms with Crippen LogP contribution in [0.15, 0.2) is 0 Å². The highest BCUT2D eigenvalue weighted by atomic mass is 32.3. The third-order valence-corrected chi connectivity index (χ3v) is 3.76. The molecule has 0 radical (unpaired) electrons. The number of unbranched alkanes of at least 4 members (excludes halogenated alkanes) is 1.